The third-order valence-electron chi connectivity index (χ3n) is 4.57. The number of anilines is 1. The summed E-state index contributed by atoms with van der Waals surface area (Å²) in [5.41, 5.74) is 6.00. The summed E-state index contributed by atoms with van der Waals surface area (Å²) in [5.74, 6) is -1.96. The van der Waals surface area contributed by atoms with Gasteiger partial charge in [0, 0.05) is 25.6 Å². The highest BCUT2D eigenvalue weighted by Crippen LogP contribution is 2.43. The van der Waals surface area contributed by atoms with Crippen molar-refractivity contribution < 1.29 is 52.0 Å². The Hall–Kier alpha value is -2.70. The van der Waals surface area contributed by atoms with Crippen molar-refractivity contribution in [3.8, 4) is 5.75 Å². The average molecular weight is 535 g/mol. The van der Waals surface area contributed by atoms with Crippen LogP contribution in [0.4, 0.5) is 5.69 Å². The molecule has 0 saturated carbocycles. The molecule has 0 heterocycles. The number of nitrogens with zero attached hydrogens (tertiary/aromatic N) is 1. The minimum atomic E-state index is -4.40. The van der Waals surface area contributed by atoms with Crippen LogP contribution in [0.1, 0.15) is 36.5 Å². The fraction of sp³-hybridized carbons (Fsp3) is 0.591. The summed E-state index contributed by atoms with van der Waals surface area (Å²) < 4.78 is 32.5. The number of carbonyl (C=O) groups excluding carboxylic acids is 3. The Morgan fingerprint density at radius 2 is 1.83 bits per heavy atom. The molecule has 0 aromatic heterocycles. The Morgan fingerprint density at radius 1 is 1.14 bits per heavy atom. The molecule has 0 aliphatic rings. The van der Waals surface area contributed by atoms with Crippen molar-refractivity contribution in [2.24, 2.45) is 0 Å². The number of aromatic hydroxyl groups is 1. The molecule has 1 aromatic rings. The molecule has 204 valence electrons. The van der Waals surface area contributed by atoms with E-state index in [2.05, 4.69) is 5.32 Å². The van der Waals surface area contributed by atoms with Gasteiger partial charge in [-0.2, -0.15) is 0 Å². The number of ether oxygens (including phenoxy) is 2. The lowest BCUT2D eigenvalue weighted by Gasteiger charge is -2.24. The average Bonchev–Trinajstić information content (AvgIpc) is 2.75. The summed E-state index contributed by atoms with van der Waals surface area (Å²) in [6.07, 6.45) is -0.348. The largest absolute Gasteiger partial charge is 0.507 e. The van der Waals surface area contributed by atoms with E-state index in [-0.39, 0.29) is 37.5 Å². The first kappa shape index (κ1) is 31.3. The van der Waals surface area contributed by atoms with Gasteiger partial charge in [0.25, 0.3) is 5.91 Å². The molecule has 0 spiro atoms. The molecule has 0 saturated heterocycles. The van der Waals surface area contributed by atoms with Crippen LogP contribution in [0.25, 0.3) is 0 Å². The number of nitrogen functional groups attached to an aromatic ring is 1. The molecule has 0 radical (unpaired) electrons. The van der Waals surface area contributed by atoms with Gasteiger partial charge in [0.15, 0.2) is 6.10 Å². The molecule has 0 aliphatic heterocycles. The van der Waals surface area contributed by atoms with E-state index in [4.69, 9.17) is 24.3 Å². The van der Waals surface area contributed by atoms with Gasteiger partial charge in [-0.3, -0.25) is 23.4 Å². The number of phenolic OH excluding ortho intramolecular Hbond substituents is 1. The molecular formula is C22H37N3O10P+. The highest BCUT2D eigenvalue weighted by atomic mass is 31.2. The molecular weight excluding hydrogens is 497 g/mol. The molecule has 0 bridgehead atoms. The number of likely N-dealkylation sites (N-methyl/N-ethyl adjacent to an activating group) is 1. The lowest BCUT2D eigenvalue weighted by atomic mass is 10.1. The summed E-state index contributed by atoms with van der Waals surface area (Å²) in [5, 5.41) is 12.4. The second-order valence-electron chi connectivity index (χ2n) is 9.02. The van der Waals surface area contributed by atoms with Crippen LogP contribution in [0.2, 0.25) is 0 Å². The number of nitrogens with one attached hydrogen (secondary N) is 1. The van der Waals surface area contributed by atoms with E-state index in [9.17, 15) is 28.9 Å². The van der Waals surface area contributed by atoms with Crippen molar-refractivity contribution in [3.63, 3.8) is 0 Å². The van der Waals surface area contributed by atoms with Crippen LogP contribution in [0.5, 0.6) is 5.75 Å². The maximum Gasteiger partial charge on any atom is 0.472 e. The number of quaternary nitrogens is 1. The lowest BCUT2D eigenvalue weighted by Crippen LogP contribution is -2.37. The molecule has 1 aromatic carbocycles. The second kappa shape index (κ2) is 14.8. The maximum absolute atomic E-state index is 12.2. The summed E-state index contributed by atoms with van der Waals surface area (Å²) in [7, 11) is 1.26. The summed E-state index contributed by atoms with van der Waals surface area (Å²) in [6.45, 7) is 0.956. The molecule has 14 heteroatoms. The maximum atomic E-state index is 12.2. The monoisotopic (exact) mass is 534 g/mol. The Bertz CT molecular complexity index is 935. The van der Waals surface area contributed by atoms with Crippen LogP contribution in [-0.4, -0.2) is 92.5 Å². The number of benzene rings is 1. The lowest BCUT2D eigenvalue weighted by molar-refractivity contribution is -0.870. The topological polar surface area (TPSA) is 184 Å². The number of hydrogen-bond donors (Lipinski definition) is 4. The van der Waals surface area contributed by atoms with Crippen molar-refractivity contribution in [3.05, 3.63) is 23.8 Å². The Morgan fingerprint density at radius 3 is 2.47 bits per heavy atom. The van der Waals surface area contributed by atoms with Crippen molar-refractivity contribution >= 4 is 31.4 Å². The Kier molecular flexibility index (Phi) is 12.8. The van der Waals surface area contributed by atoms with Crippen LogP contribution in [0.15, 0.2) is 18.2 Å². The number of rotatable bonds is 16. The zero-order valence-electron chi connectivity index (χ0n) is 21.1. The zero-order chi connectivity index (χ0) is 27.4. The summed E-state index contributed by atoms with van der Waals surface area (Å²) in [4.78, 5) is 45.3. The molecule has 1 rings (SSSR count). The minimum Gasteiger partial charge on any atom is -0.507 e. The quantitative estimate of drug-likeness (QED) is 0.0596. The van der Waals surface area contributed by atoms with Gasteiger partial charge in [0.05, 0.1) is 33.3 Å². The fourth-order valence-electron chi connectivity index (χ4n) is 2.64. The Balaban J connectivity index is 2.44. The number of amides is 1. The SMILES string of the molecule is CC(=O)OCC(COP(=O)(O)OCC[N+](C)(C)C)OC(=O)CCCCNC(=O)c1cc(N)ccc1O. The van der Waals surface area contributed by atoms with Gasteiger partial charge < -0.3 is 35.0 Å². The number of esters is 2. The molecule has 5 N–H and O–H groups in total. The smallest absolute Gasteiger partial charge is 0.472 e. The van der Waals surface area contributed by atoms with Crippen LogP contribution >= 0.6 is 7.82 Å². The van der Waals surface area contributed by atoms with Gasteiger partial charge in [-0.25, -0.2) is 4.57 Å². The third kappa shape index (κ3) is 14.0. The van der Waals surface area contributed by atoms with Gasteiger partial charge in [0.2, 0.25) is 0 Å². The first-order chi connectivity index (χ1) is 16.7. The predicted octanol–water partition coefficient (Wildman–Crippen LogP) is 1.19. The van der Waals surface area contributed by atoms with E-state index in [1.54, 1.807) is 0 Å². The van der Waals surface area contributed by atoms with E-state index in [1.807, 2.05) is 21.1 Å². The van der Waals surface area contributed by atoms with Gasteiger partial charge in [0.1, 0.15) is 25.5 Å². The molecule has 36 heavy (non-hydrogen) atoms. The highest BCUT2D eigenvalue weighted by molar-refractivity contribution is 7.47. The van der Waals surface area contributed by atoms with Gasteiger partial charge >= 0.3 is 19.8 Å². The van der Waals surface area contributed by atoms with Gasteiger partial charge in [-0.15, -0.1) is 0 Å². The second-order valence-corrected chi connectivity index (χ2v) is 10.5. The normalized spacial score (nSPS) is 13.9. The van der Waals surface area contributed by atoms with Crippen LogP contribution in [-0.2, 0) is 32.7 Å². The van der Waals surface area contributed by atoms with E-state index >= 15 is 0 Å². The van der Waals surface area contributed by atoms with Crippen LogP contribution in [0, 0.1) is 0 Å². The first-order valence-corrected chi connectivity index (χ1v) is 12.8. The van der Waals surface area contributed by atoms with E-state index in [0.717, 1.165) is 0 Å². The minimum absolute atomic E-state index is 0.0211. The summed E-state index contributed by atoms with van der Waals surface area (Å²) in [6, 6.07) is 4.15. The van der Waals surface area contributed by atoms with Gasteiger partial charge in [-0.1, -0.05) is 0 Å². The number of nitrogens with two attached hydrogens (primary N) is 1. The first-order valence-electron chi connectivity index (χ1n) is 11.3. The number of phosphoric acid groups is 1. The summed E-state index contributed by atoms with van der Waals surface area (Å²) >= 11 is 0. The fourth-order valence-corrected chi connectivity index (χ4v) is 3.38. The number of carbonyl (C=O) groups is 3. The number of phenols is 1. The Labute approximate surface area is 210 Å². The van der Waals surface area contributed by atoms with Crippen LogP contribution in [0.3, 0.4) is 0 Å². The van der Waals surface area contributed by atoms with Crippen molar-refractivity contribution in [1.82, 2.24) is 5.32 Å². The molecule has 1 amide bonds. The molecule has 0 fully saturated rings. The highest BCUT2D eigenvalue weighted by Gasteiger charge is 2.26. The van der Waals surface area contributed by atoms with E-state index in [1.165, 1.54) is 25.1 Å². The standard InChI is InChI=1S/C22H36N3O10P/c1-16(26)32-14-18(15-34-36(30,31)33-12-11-25(2,3)4)35-21(28)7-5-6-10-24-22(29)19-13-17(23)8-9-20(19)27/h8-9,13,18H,5-7,10-12,14-15,23H2,1-4H3,(H2-,24,27,29,30,31)/p+1. The van der Waals surface area contributed by atoms with Crippen LogP contribution < -0.4 is 11.1 Å². The molecule has 2 unspecified atom stereocenters. The number of phosphoric ester groups is 1. The number of unbranched alkanes of at least 4 members (excludes halogenated alkanes) is 1. The van der Waals surface area contributed by atoms with E-state index < -0.39 is 38.4 Å². The van der Waals surface area contributed by atoms with Gasteiger partial charge in [-0.05, 0) is 31.0 Å². The third-order valence-corrected chi connectivity index (χ3v) is 5.55. The molecule has 0 aliphatic carbocycles. The van der Waals surface area contributed by atoms with Crippen molar-refractivity contribution in [2.75, 3.05) is 59.8 Å². The van der Waals surface area contributed by atoms with E-state index in [0.29, 0.717) is 29.6 Å². The van der Waals surface area contributed by atoms with Crippen molar-refractivity contribution in [2.45, 2.75) is 32.3 Å². The van der Waals surface area contributed by atoms with Crippen molar-refractivity contribution in [1.29, 1.82) is 0 Å². The molecule has 2 atom stereocenters. The molecule has 13 nitrogen and oxygen atoms in total. The number of hydrogen-bond acceptors (Lipinski definition) is 10. The zero-order valence-corrected chi connectivity index (χ0v) is 22.0. The predicted molar refractivity (Wildman–Crippen MR) is 130 cm³/mol.